The Morgan fingerprint density at radius 3 is 3.11 bits per heavy atom. The number of nitrogens with one attached hydrogen (secondary N) is 1. The summed E-state index contributed by atoms with van der Waals surface area (Å²) in [4.78, 5) is 13.9. The van der Waals surface area contributed by atoms with Crippen molar-refractivity contribution in [3.05, 3.63) is 34.3 Å². The van der Waals surface area contributed by atoms with E-state index in [-0.39, 0.29) is 5.97 Å². The molecule has 0 saturated carbocycles. The zero-order valence-corrected chi connectivity index (χ0v) is 12.5. The van der Waals surface area contributed by atoms with Gasteiger partial charge in [0.2, 0.25) is 0 Å². The van der Waals surface area contributed by atoms with Crippen molar-refractivity contribution >= 4 is 21.9 Å². The van der Waals surface area contributed by atoms with Gasteiger partial charge in [0.1, 0.15) is 6.61 Å². The number of hydrogen-bond donors (Lipinski definition) is 1. The topological polar surface area (TPSA) is 41.6 Å². The van der Waals surface area contributed by atoms with E-state index in [0.717, 1.165) is 42.6 Å². The van der Waals surface area contributed by atoms with Gasteiger partial charge in [-0.15, -0.1) is 0 Å². The zero-order chi connectivity index (χ0) is 13.5. The van der Waals surface area contributed by atoms with Crippen LogP contribution < -0.4 is 5.32 Å². The third-order valence-electron chi connectivity index (χ3n) is 3.07. The van der Waals surface area contributed by atoms with Gasteiger partial charge < -0.3 is 10.1 Å². The SMILES string of the molecule is O=C(CN1CCCNCC1)OCc1cccc(Br)c1. The molecule has 1 fully saturated rings. The van der Waals surface area contributed by atoms with Crippen molar-refractivity contribution in [3.63, 3.8) is 0 Å². The number of rotatable bonds is 4. The van der Waals surface area contributed by atoms with E-state index in [2.05, 4.69) is 26.1 Å². The van der Waals surface area contributed by atoms with Crippen molar-refractivity contribution in [2.24, 2.45) is 0 Å². The van der Waals surface area contributed by atoms with Gasteiger partial charge in [0.05, 0.1) is 6.54 Å². The van der Waals surface area contributed by atoms with Gasteiger partial charge in [-0.3, -0.25) is 9.69 Å². The van der Waals surface area contributed by atoms with Gasteiger partial charge in [0, 0.05) is 17.6 Å². The lowest BCUT2D eigenvalue weighted by atomic mass is 10.2. The summed E-state index contributed by atoms with van der Waals surface area (Å²) in [6, 6.07) is 7.81. The van der Waals surface area contributed by atoms with Gasteiger partial charge in [-0.05, 0) is 37.2 Å². The van der Waals surface area contributed by atoms with Crippen LogP contribution in [0.5, 0.6) is 0 Å². The lowest BCUT2D eigenvalue weighted by Crippen LogP contribution is -2.33. The molecule has 1 aliphatic rings. The number of nitrogens with zero attached hydrogens (tertiary/aromatic N) is 1. The van der Waals surface area contributed by atoms with E-state index in [0.29, 0.717) is 13.2 Å². The Kier molecular flexibility index (Phi) is 5.82. The highest BCUT2D eigenvalue weighted by atomic mass is 79.9. The summed E-state index contributed by atoms with van der Waals surface area (Å²) in [6.45, 7) is 4.56. The first-order valence-corrected chi connectivity index (χ1v) is 7.36. The molecule has 0 bridgehead atoms. The standard InChI is InChI=1S/C14H19BrN2O2/c15-13-4-1-3-12(9-13)11-19-14(18)10-17-7-2-5-16-6-8-17/h1,3-4,9,16H,2,5-8,10-11H2. The summed E-state index contributed by atoms with van der Waals surface area (Å²) < 4.78 is 6.30. The van der Waals surface area contributed by atoms with E-state index in [1.807, 2.05) is 24.3 Å². The van der Waals surface area contributed by atoms with Crippen LogP contribution in [-0.2, 0) is 16.1 Å². The molecule has 0 radical (unpaired) electrons. The molecule has 1 N–H and O–H groups in total. The molecule has 0 amide bonds. The average molecular weight is 327 g/mol. The number of carbonyl (C=O) groups is 1. The number of halogens is 1. The minimum Gasteiger partial charge on any atom is -0.460 e. The van der Waals surface area contributed by atoms with Crippen molar-refractivity contribution < 1.29 is 9.53 Å². The summed E-state index contributed by atoms with van der Waals surface area (Å²) >= 11 is 3.40. The van der Waals surface area contributed by atoms with E-state index in [1.165, 1.54) is 0 Å². The fraction of sp³-hybridized carbons (Fsp3) is 0.500. The number of benzene rings is 1. The number of esters is 1. The van der Waals surface area contributed by atoms with Crippen LogP contribution in [-0.4, -0.2) is 43.6 Å². The second-order valence-corrected chi connectivity index (χ2v) is 5.59. The minimum atomic E-state index is -0.151. The molecule has 0 aliphatic carbocycles. The predicted molar refractivity (Wildman–Crippen MR) is 77.9 cm³/mol. The predicted octanol–water partition coefficient (Wildman–Crippen LogP) is 1.79. The van der Waals surface area contributed by atoms with Gasteiger partial charge in [0.25, 0.3) is 0 Å². The highest BCUT2D eigenvalue weighted by Crippen LogP contribution is 2.12. The number of hydrogen-bond acceptors (Lipinski definition) is 4. The monoisotopic (exact) mass is 326 g/mol. The highest BCUT2D eigenvalue weighted by Gasteiger charge is 2.13. The van der Waals surface area contributed by atoms with Crippen LogP contribution >= 0.6 is 15.9 Å². The highest BCUT2D eigenvalue weighted by molar-refractivity contribution is 9.10. The van der Waals surface area contributed by atoms with Crippen molar-refractivity contribution in [1.82, 2.24) is 10.2 Å². The Bertz CT molecular complexity index is 418. The maximum absolute atomic E-state index is 11.8. The molecule has 5 heteroatoms. The second-order valence-electron chi connectivity index (χ2n) is 4.67. The molecule has 0 aromatic heterocycles. The van der Waals surface area contributed by atoms with E-state index in [9.17, 15) is 4.79 Å². The smallest absolute Gasteiger partial charge is 0.320 e. The molecule has 0 unspecified atom stereocenters. The summed E-state index contributed by atoms with van der Waals surface area (Å²) in [5, 5.41) is 3.32. The Morgan fingerprint density at radius 2 is 2.26 bits per heavy atom. The minimum absolute atomic E-state index is 0.151. The van der Waals surface area contributed by atoms with Crippen molar-refractivity contribution in [1.29, 1.82) is 0 Å². The van der Waals surface area contributed by atoms with Crippen molar-refractivity contribution in [2.75, 3.05) is 32.7 Å². The number of ether oxygens (including phenoxy) is 1. The normalized spacial score (nSPS) is 16.9. The van der Waals surface area contributed by atoms with Crippen LogP contribution in [0.25, 0.3) is 0 Å². The summed E-state index contributed by atoms with van der Waals surface area (Å²) in [6.07, 6.45) is 1.08. The van der Waals surface area contributed by atoms with Crippen LogP contribution in [0.4, 0.5) is 0 Å². The first-order chi connectivity index (χ1) is 9.24. The van der Waals surface area contributed by atoms with Crippen LogP contribution in [0.15, 0.2) is 28.7 Å². The molecule has 1 heterocycles. The second kappa shape index (κ2) is 7.62. The lowest BCUT2D eigenvalue weighted by Gasteiger charge is -2.18. The molecule has 104 valence electrons. The lowest BCUT2D eigenvalue weighted by molar-refractivity contribution is -0.146. The molecule has 1 aliphatic heterocycles. The summed E-state index contributed by atoms with van der Waals surface area (Å²) in [5.74, 6) is -0.151. The fourth-order valence-electron chi connectivity index (χ4n) is 2.08. The van der Waals surface area contributed by atoms with E-state index >= 15 is 0 Å². The van der Waals surface area contributed by atoms with E-state index in [4.69, 9.17) is 4.74 Å². The van der Waals surface area contributed by atoms with Crippen LogP contribution in [0.3, 0.4) is 0 Å². The van der Waals surface area contributed by atoms with E-state index < -0.39 is 0 Å². The molecule has 4 nitrogen and oxygen atoms in total. The van der Waals surface area contributed by atoms with E-state index in [1.54, 1.807) is 0 Å². The van der Waals surface area contributed by atoms with Crippen molar-refractivity contribution in [3.8, 4) is 0 Å². The van der Waals surface area contributed by atoms with Gasteiger partial charge in [0.15, 0.2) is 0 Å². The Morgan fingerprint density at radius 1 is 1.37 bits per heavy atom. The molecule has 19 heavy (non-hydrogen) atoms. The molecule has 0 atom stereocenters. The van der Waals surface area contributed by atoms with Gasteiger partial charge >= 0.3 is 5.97 Å². The van der Waals surface area contributed by atoms with Crippen LogP contribution in [0.1, 0.15) is 12.0 Å². The number of carbonyl (C=O) groups excluding carboxylic acids is 1. The third-order valence-corrected chi connectivity index (χ3v) is 3.57. The fourth-order valence-corrected chi connectivity index (χ4v) is 2.53. The average Bonchev–Trinajstić information content (AvgIpc) is 2.65. The first-order valence-electron chi connectivity index (χ1n) is 6.57. The molecule has 1 saturated heterocycles. The molecule has 0 spiro atoms. The molecular formula is C14H19BrN2O2. The molecule has 1 aromatic carbocycles. The summed E-state index contributed by atoms with van der Waals surface area (Å²) in [5.41, 5.74) is 1.00. The van der Waals surface area contributed by atoms with Gasteiger partial charge in [-0.25, -0.2) is 0 Å². The maximum Gasteiger partial charge on any atom is 0.320 e. The van der Waals surface area contributed by atoms with Crippen LogP contribution in [0.2, 0.25) is 0 Å². The zero-order valence-electron chi connectivity index (χ0n) is 10.9. The Hall–Kier alpha value is -0.910. The third kappa shape index (κ3) is 5.30. The van der Waals surface area contributed by atoms with Crippen molar-refractivity contribution in [2.45, 2.75) is 13.0 Å². The molecule has 2 rings (SSSR count). The van der Waals surface area contributed by atoms with Gasteiger partial charge in [-0.2, -0.15) is 0 Å². The maximum atomic E-state index is 11.8. The Balaban J connectivity index is 1.74. The Labute approximate surface area is 122 Å². The quantitative estimate of drug-likeness (QED) is 0.856. The van der Waals surface area contributed by atoms with Gasteiger partial charge in [-0.1, -0.05) is 28.1 Å². The molecular weight excluding hydrogens is 308 g/mol. The summed E-state index contributed by atoms with van der Waals surface area (Å²) in [7, 11) is 0. The van der Waals surface area contributed by atoms with Crippen LogP contribution in [0, 0.1) is 0 Å². The molecule has 1 aromatic rings. The first kappa shape index (κ1) is 14.5. The largest absolute Gasteiger partial charge is 0.460 e.